The van der Waals surface area contributed by atoms with E-state index in [2.05, 4.69) is 41.9 Å². The molecule has 0 aliphatic heterocycles. The molecule has 1 N–H and O–H groups in total. The van der Waals surface area contributed by atoms with Gasteiger partial charge in [0.05, 0.1) is 0 Å². The SMILES string of the molecule is Cc1cc(C)cc(-n2c(C)cc(/C=C(/C#N)C(=O)Nc3ccccc3)c2C)c1. The van der Waals surface area contributed by atoms with Crippen molar-refractivity contribution in [3.8, 4) is 11.8 Å². The number of hydrogen-bond acceptors (Lipinski definition) is 2. The minimum atomic E-state index is -0.412. The lowest BCUT2D eigenvalue weighted by atomic mass is 10.1. The van der Waals surface area contributed by atoms with Crippen LogP contribution in [-0.2, 0) is 4.79 Å². The van der Waals surface area contributed by atoms with Crippen LogP contribution in [0.2, 0.25) is 0 Å². The lowest BCUT2D eigenvalue weighted by Crippen LogP contribution is -2.13. The number of nitrogens with zero attached hydrogens (tertiary/aromatic N) is 2. The zero-order chi connectivity index (χ0) is 20.3. The molecule has 0 fully saturated rings. The van der Waals surface area contributed by atoms with Gasteiger partial charge in [0.25, 0.3) is 5.91 Å². The van der Waals surface area contributed by atoms with Gasteiger partial charge < -0.3 is 9.88 Å². The molecule has 0 aliphatic carbocycles. The van der Waals surface area contributed by atoms with E-state index in [1.807, 2.05) is 44.2 Å². The lowest BCUT2D eigenvalue weighted by molar-refractivity contribution is -0.112. The predicted octanol–water partition coefficient (Wildman–Crippen LogP) is 5.26. The fourth-order valence-corrected chi connectivity index (χ4v) is 3.43. The summed E-state index contributed by atoms with van der Waals surface area (Å²) in [4.78, 5) is 12.5. The number of amides is 1. The predicted molar refractivity (Wildman–Crippen MR) is 113 cm³/mol. The maximum Gasteiger partial charge on any atom is 0.266 e. The van der Waals surface area contributed by atoms with Crippen molar-refractivity contribution in [1.82, 2.24) is 4.57 Å². The normalized spacial score (nSPS) is 11.2. The number of carbonyl (C=O) groups excluding carboxylic acids is 1. The van der Waals surface area contributed by atoms with Gasteiger partial charge in [-0.05, 0) is 80.8 Å². The first-order chi connectivity index (χ1) is 13.4. The number of benzene rings is 2. The second-order valence-corrected chi connectivity index (χ2v) is 7.00. The molecular formula is C24H23N3O. The molecule has 0 unspecified atom stereocenters. The van der Waals surface area contributed by atoms with Crippen LogP contribution in [-0.4, -0.2) is 10.5 Å². The van der Waals surface area contributed by atoms with Gasteiger partial charge in [-0.25, -0.2) is 0 Å². The molecule has 0 aliphatic rings. The van der Waals surface area contributed by atoms with E-state index in [0.717, 1.165) is 22.6 Å². The topological polar surface area (TPSA) is 57.8 Å². The van der Waals surface area contributed by atoms with Crippen LogP contribution in [0.3, 0.4) is 0 Å². The van der Waals surface area contributed by atoms with Gasteiger partial charge in [0.2, 0.25) is 0 Å². The fourth-order valence-electron chi connectivity index (χ4n) is 3.43. The Labute approximate surface area is 165 Å². The summed E-state index contributed by atoms with van der Waals surface area (Å²) >= 11 is 0. The Bertz CT molecular complexity index is 1080. The highest BCUT2D eigenvalue weighted by Gasteiger charge is 2.14. The summed E-state index contributed by atoms with van der Waals surface area (Å²) in [7, 11) is 0. The molecule has 0 saturated heterocycles. The molecule has 3 rings (SSSR count). The third kappa shape index (κ3) is 4.05. The maximum atomic E-state index is 12.5. The first kappa shape index (κ1) is 19.2. The monoisotopic (exact) mass is 369 g/mol. The largest absolute Gasteiger partial charge is 0.321 e. The summed E-state index contributed by atoms with van der Waals surface area (Å²) in [6, 6.07) is 19.6. The van der Waals surface area contributed by atoms with E-state index in [0.29, 0.717) is 5.69 Å². The Morgan fingerprint density at radius 1 is 1.00 bits per heavy atom. The number of aryl methyl sites for hydroxylation is 3. The van der Waals surface area contributed by atoms with Crippen molar-refractivity contribution in [2.45, 2.75) is 27.7 Å². The summed E-state index contributed by atoms with van der Waals surface area (Å²) in [6.07, 6.45) is 1.65. The van der Waals surface area contributed by atoms with E-state index in [1.54, 1.807) is 18.2 Å². The smallest absolute Gasteiger partial charge is 0.266 e. The number of nitriles is 1. The van der Waals surface area contributed by atoms with Gasteiger partial charge in [0.15, 0.2) is 0 Å². The quantitative estimate of drug-likeness (QED) is 0.504. The van der Waals surface area contributed by atoms with Crippen LogP contribution in [0.15, 0.2) is 60.2 Å². The van der Waals surface area contributed by atoms with Gasteiger partial charge in [-0.3, -0.25) is 4.79 Å². The molecule has 0 atom stereocenters. The van der Waals surface area contributed by atoms with Gasteiger partial charge in [0.1, 0.15) is 11.6 Å². The third-order valence-corrected chi connectivity index (χ3v) is 4.63. The standard InChI is InChI=1S/C24H23N3O/c1-16-10-17(2)12-23(11-16)27-18(3)13-20(19(27)4)14-21(15-25)24(28)26-22-8-6-5-7-9-22/h5-14H,1-4H3,(H,26,28)/b21-14-. The maximum absolute atomic E-state index is 12.5. The molecule has 0 bridgehead atoms. The van der Waals surface area contributed by atoms with Gasteiger partial charge in [-0.15, -0.1) is 0 Å². The number of aromatic nitrogens is 1. The number of anilines is 1. The zero-order valence-electron chi connectivity index (χ0n) is 16.6. The van der Waals surface area contributed by atoms with E-state index in [4.69, 9.17) is 0 Å². The molecule has 4 heteroatoms. The van der Waals surface area contributed by atoms with E-state index in [-0.39, 0.29) is 5.57 Å². The highest BCUT2D eigenvalue weighted by Crippen LogP contribution is 2.24. The molecule has 1 heterocycles. The molecule has 140 valence electrons. The number of hydrogen-bond donors (Lipinski definition) is 1. The summed E-state index contributed by atoms with van der Waals surface area (Å²) in [5.41, 5.74) is 7.10. The van der Waals surface area contributed by atoms with Gasteiger partial charge in [-0.2, -0.15) is 5.26 Å². The molecule has 1 amide bonds. The Hall–Kier alpha value is -3.58. The van der Waals surface area contributed by atoms with E-state index in [1.165, 1.54) is 11.1 Å². The number of nitrogens with one attached hydrogen (secondary N) is 1. The molecule has 0 radical (unpaired) electrons. The Kier molecular flexibility index (Phi) is 5.47. The van der Waals surface area contributed by atoms with Gasteiger partial charge in [0, 0.05) is 22.8 Å². The van der Waals surface area contributed by atoms with Crippen LogP contribution >= 0.6 is 0 Å². The molecular weight excluding hydrogens is 346 g/mol. The molecule has 0 spiro atoms. The van der Waals surface area contributed by atoms with Crippen molar-refractivity contribution in [3.05, 3.63) is 88.2 Å². The molecule has 2 aromatic carbocycles. The first-order valence-electron chi connectivity index (χ1n) is 9.15. The average Bonchev–Trinajstić information content (AvgIpc) is 2.92. The minimum absolute atomic E-state index is 0.0736. The summed E-state index contributed by atoms with van der Waals surface area (Å²) in [6.45, 7) is 8.18. The van der Waals surface area contributed by atoms with E-state index >= 15 is 0 Å². The zero-order valence-corrected chi connectivity index (χ0v) is 16.6. The summed E-state index contributed by atoms with van der Waals surface area (Å²) < 4.78 is 2.15. The van der Waals surface area contributed by atoms with Crippen molar-refractivity contribution in [3.63, 3.8) is 0 Å². The van der Waals surface area contributed by atoms with Crippen molar-refractivity contribution in [2.75, 3.05) is 5.32 Å². The Morgan fingerprint density at radius 3 is 2.25 bits per heavy atom. The van der Waals surface area contributed by atoms with Crippen molar-refractivity contribution >= 4 is 17.7 Å². The van der Waals surface area contributed by atoms with Gasteiger partial charge in [-0.1, -0.05) is 24.3 Å². The summed E-state index contributed by atoms with van der Waals surface area (Å²) in [5, 5.41) is 12.3. The second-order valence-electron chi connectivity index (χ2n) is 7.00. The number of para-hydroxylation sites is 1. The average molecular weight is 369 g/mol. The van der Waals surface area contributed by atoms with E-state index in [9.17, 15) is 10.1 Å². The van der Waals surface area contributed by atoms with Crippen LogP contribution in [0.25, 0.3) is 11.8 Å². The van der Waals surface area contributed by atoms with Crippen LogP contribution in [0.5, 0.6) is 0 Å². The number of rotatable bonds is 4. The van der Waals surface area contributed by atoms with Crippen LogP contribution < -0.4 is 5.32 Å². The highest BCUT2D eigenvalue weighted by atomic mass is 16.1. The van der Waals surface area contributed by atoms with Crippen molar-refractivity contribution in [1.29, 1.82) is 5.26 Å². The van der Waals surface area contributed by atoms with Crippen LogP contribution in [0.1, 0.15) is 28.1 Å². The Morgan fingerprint density at radius 2 is 1.64 bits per heavy atom. The van der Waals surface area contributed by atoms with Crippen LogP contribution in [0.4, 0.5) is 5.69 Å². The lowest BCUT2D eigenvalue weighted by Gasteiger charge is -2.12. The summed E-state index contributed by atoms with van der Waals surface area (Å²) in [5.74, 6) is -0.412. The molecule has 0 saturated carbocycles. The highest BCUT2D eigenvalue weighted by molar-refractivity contribution is 6.09. The molecule has 28 heavy (non-hydrogen) atoms. The fraction of sp³-hybridized carbons (Fsp3) is 0.167. The molecule has 4 nitrogen and oxygen atoms in total. The number of carbonyl (C=O) groups is 1. The van der Waals surface area contributed by atoms with Crippen LogP contribution in [0, 0.1) is 39.0 Å². The van der Waals surface area contributed by atoms with E-state index < -0.39 is 5.91 Å². The van der Waals surface area contributed by atoms with Crippen molar-refractivity contribution < 1.29 is 4.79 Å². The third-order valence-electron chi connectivity index (χ3n) is 4.63. The molecule has 1 aromatic heterocycles. The second kappa shape index (κ2) is 7.98. The molecule has 3 aromatic rings. The van der Waals surface area contributed by atoms with Crippen molar-refractivity contribution in [2.24, 2.45) is 0 Å². The Balaban J connectivity index is 1.97. The van der Waals surface area contributed by atoms with Gasteiger partial charge >= 0.3 is 0 Å². The minimum Gasteiger partial charge on any atom is -0.321 e. The first-order valence-corrected chi connectivity index (χ1v) is 9.15.